The maximum atomic E-state index is 13.2. The second-order valence-electron chi connectivity index (χ2n) is 7.15. The fourth-order valence-corrected chi connectivity index (χ4v) is 3.54. The van der Waals surface area contributed by atoms with E-state index in [4.69, 9.17) is 4.74 Å². The molecule has 0 aliphatic carbocycles. The molecule has 1 aliphatic heterocycles. The summed E-state index contributed by atoms with van der Waals surface area (Å²) in [6.07, 6.45) is 0.244. The molecular formula is C24H23N3O3. The number of anilines is 3. The molecule has 0 spiro atoms. The van der Waals surface area contributed by atoms with Gasteiger partial charge in [-0.05, 0) is 43.3 Å². The Bertz CT molecular complexity index is 1050. The third-order valence-electron chi connectivity index (χ3n) is 4.92. The van der Waals surface area contributed by atoms with E-state index in [1.165, 1.54) is 0 Å². The molecule has 0 radical (unpaired) electrons. The molecule has 2 amide bonds. The number of benzene rings is 3. The number of amides is 2. The van der Waals surface area contributed by atoms with Crippen LogP contribution < -0.4 is 20.3 Å². The van der Waals surface area contributed by atoms with E-state index in [9.17, 15) is 9.59 Å². The Kier molecular flexibility index (Phi) is 5.66. The van der Waals surface area contributed by atoms with Crippen molar-refractivity contribution in [2.75, 3.05) is 22.1 Å². The molecule has 6 nitrogen and oxygen atoms in total. The average molecular weight is 401 g/mol. The van der Waals surface area contributed by atoms with E-state index in [2.05, 4.69) is 10.6 Å². The van der Waals surface area contributed by atoms with Crippen molar-refractivity contribution in [1.29, 1.82) is 0 Å². The second-order valence-corrected chi connectivity index (χ2v) is 7.15. The summed E-state index contributed by atoms with van der Waals surface area (Å²) in [5, 5.41) is 6.07. The van der Waals surface area contributed by atoms with Gasteiger partial charge in [-0.3, -0.25) is 9.59 Å². The minimum Gasteiger partial charge on any atom is -0.455 e. The van der Waals surface area contributed by atoms with Crippen molar-refractivity contribution in [3.63, 3.8) is 0 Å². The lowest BCUT2D eigenvalue weighted by molar-refractivity contribution is -0.118. The Morgan fingerprint density at radius 2 is 1.73 bits per heavy atom. The van der Waals surface area contributed by atoms with Gasteiger partial charge < -0.3 is 20.3 Å². The molecule has 0 aromatic heterocycles. The van der Waals surface area contributed by atoms with Gasteiger partial charge in [-0.1, -0.05) is 42.5 Å². The van der Waals surface area contributed by atoms with E-state index < -0.39 is 0 Å². The van der Waals surface area contributed by atoms with E-state index in [1.54, 1.807) is 4.90 Å². The van der Waals surface area contributed by atoms with Crippen LogP contribution in [0.2, 0.25) is 0 Å². The van der Waals surface area contributed by atoms with E-state index >= 15 is 0 Å². The molecule has 4 rings (SSSR count). The number of rotatable bonds is 5. The van der Waals surface area contributed by atoms with E-state index in [0.29, 0.717) is 17.1 Å². The zero-order chi connectivity index (χ0) is 20.9. The minimum absolute atomic E-state index is 0.0715. The van der Waals surface area contributed by atoms with Crippen molar-refractivity contribution in [1.82, 2.24) is 0 Å². The summed E-state index contributed by atoms with van der Waals surface area (Å²) < 4.78 is 5.96. The molecule has 0 bridgehead atoms. The van der Waals surface area contributed by atoms with Crippen LogP contribution in [0, 0.1) is 0 Å². The standard InChI is InChI=1S/C24H23N3O3/c1-17-15-23(28)26-19-11-5-7-13-21(19)27(17)24(29)16-25-20-12-6-8-14-22(20)30-18-9-3-2-4-10-18/h2-14,17,25H,15-16H2,1H3,(H,26,28)/t17-/m1/s1. The monoisotopic (exact) mass is 401 g/mol. The number of para-hydroxylation sites is 5. The zero-order valence-electron chi connectivity index (χ0n) is 16.7. The molecule has 1 heterocycles. The van der Waals surface area contributed by atoms with Gasteiger partial charge in [-0.25, -0.2) is 0 Å². The van der Waals surface area contributed by atoms with Crippen molar-refractivity contribution in [2.45, 2.75) is 19.4 Å². The summed E-state index contributed by atoms with van der Waals surface area (Å²) in [6.45, 7) is 1.95. The Hall–Kier alpha value is -3.80. The molecule has 30 heavy (non-hydrogen) atoms. The topological polar surface area (TPSA) is 70.7 Å². The predicted octanol–water partition coefficient (Wildman–Crippen LogP) is 4.65. The van der Waals surface area contributed by atoms with Crippen molar-refractivity contribution >= 4 is 28.9 Å². The predicted molar refractivity (Wildman–Crippen MR) is 118 cm³/mol. The lowest BCUT2D eigenvalue weighted by atomic mass is 10.1. The molecule has 0 fully saturated rings. The summed E-state index contributed by atoms with van der Waals surface area (Å²) >= 11 is 0. The van der Waals surface area contributed by atoms with Crippen LogP contribution in [0.4, 0.5) is 17.1 Å². The van der Waals surface area contributed by atoms with Crippen LogP contribution in [0.25, 0.3) is 0 Å². The van der Waals surface area contributed by atoms with Gasteiger partial charge >= 0.3 is 0 Å². The van der Waals surface area contributed by atoms with Crippen molar-refractivity contribution in [3.8, 4) is 11.5 Å². The molecule has 0 unspecified atom stereocenters. The first-order valence-electron chi connectivity index (χ1n) is 9.88. The van der Waals surface area contributed by atoms with Gasteiger partial charge in [0.15, 0.2) is 5.75 Å². The van der Waals surface area contributed by atoms with E-state index in [1.807, 2.05) is 85.8 Å². The maximum Gasteiger partial charge on any atom is 0.246 e. The van der Waals surface area contributed by atoms with Gasteiger partial charge in [-0.2, -0.15) is 0 Å². The Morgan fingerprint density at radius 3 is 2.57 bits per heavy atom. The molecule has 0 saturated heterocycles. The highest BCUT2D eigenvalue weighted by Gasteiger charge is 2.29. The molecule has 3 aromatic rings. The number of hydrogen-bond acceptors (Lipinski definition) is 4. The first-order chi connectivity index (χ1) is 14.6. The lowest BCUT2D eigenvalue weighted by Crippen LogP contribution is -2.42. The molecule has 3 aromatic carbocycles. The molecule has 1 aliphatic rings. The average Bonchev–Trinajstić information content (AvgIpc) is 2.88. The number of ether oxygens (including phenoxy) is 1. The normalized spacial score (nSPS) is 15.6. The number of nitrogens with zero attached hydrogens (tertiary/aromatic N) is 1. The molecule has 0 saturated carbocycles. The van der Waals surface area contributed by atoms with Crippen LogP contribution in [-0.4, -0.2) is 24.4 Å². The van der Waals surface area contributed by atoms with Crippen LogP contribution in [-0.2, 0) is 9.59 Å². The minimum atomic E-state index is -0.251. The van der Waals surface area contributed by atoms with Crippen LogP contribution in [0.3, 0.4) is 0 Å². The summed E-state index contributed by atoms with van der Waals surface area (Å²) in [5.41, 5.74) is 2.07. The SMILES string of the molecule is C[C@@H]1CC(=O)Nc2ccccc2N1C(=O)CNc1ccccc1Oc1ccccc1. The second kappa shape index (κ2) is 8.69. The first-order valence-corrected chi connectivity index (χ1v) is 9.88. The maximum absolute atomic E-state index is 13.2. The van der Waals surface area contributed by atoms with Gasteiger partial charge in [0.05, 0.1) is 23.6 Å². The van der Waals surface area contributed by atoms with Gasteiger partial charge in [-0.15, -0.1) is 0 Å². The quantitative estimate of drug-likeness (QED) is 0.653. The smallest absolute Gasteiger partial charge is 0.246 e. The highest BCUT2D eigenvalue weighted by molar-refractivity contribution is 6.05. The first kappa shape index (κ1) is 19.5. The van der Waals surface area contributed by atoms with E-state index in [-0.39, 0.29) is 30.8 Å². The van der Waals surface area contributed by atoms with Crippen LogP contribution >= 0.6 is 0 Å². The van der Waals surface area contributed by atoms with Gasteiger partial charge in [0.25, 0.3) is 0 Å². The molecule has 1 atom stereocenters. The number of nitrogens with one attached hydrogen (secondary N) is 2. The lowest BCUT2D eigenvalue weighted by Gasteiger charge is -2.28. The van der Waals surface area contributed by atoms with Crippen LogP contribution in [0.5, 0.6) is 11.5 Å². The summed E-state index contributed by atoms with van der Waals surface area (Å²) in [6, 6.07) is 24.1. The molecule has 152 valence electrons. The summed E-state index contributed by atoms with van der Waals surface area (Å²) in [4.78, 5) is 27.0. The van der Waals surface area contributed by atoms with Gasteiger partial charge in [0.2, 0.25) is 11.8 Å². The summed E-state index contributed by atoms with van der Waals surface area (Å²) in [7, 11) is 0. The van der Waals surface area contributed by atoms with Crippen LogP contribution in [0.15, 0.2) is 78.9 Å². The van der Waals surface area contributed by atoms with Gasteiger partial charge in [0, 0.05) is 12.5 Å². The van der Waals surface area contributed by atoms with Crippen molar-refractivity contribution in [2.24, 2.45) is 0 Å². The Labute approximate surface area is 175 Å². The molecule has 2 N–H and O–H groups in total. The summed E-state index contributed by atoms with van der Waals surface area (Å²) in [5.74, 6) is 1.14. The zero-order valence-corrected chi connectivity index (χ0v) is 16.7. The highest BCUT2D eigenvalue weighted by atomic mass is 16.5. The van der Waals surface area contributed by atoms with Gasteiger partial charge in [0.1, 0.15) is 5.75 Å². The number of fused-ring (bicyclic) bond motifs is 1. The fraction of sp³-hybridized carbons (Fsp3) is 0.167. The third-order valence-corrected chi connectivity index (χ3v) is 4.92. The molecular weight excluding hydrogens is 378 g/mol. The number of hydrogen-bond donors (Lipinski definition) is 2. The largest absolute Gasteiger partial charge is 0.455 e. The van der Waals surface area contributed by atoms with E-state index in [0.717, 1.165) is 11.4 Å². The molecule has 6 heteroatoms. The fourth-order valence-electron chi connectivity index (χ4n) is 3.54. The van der Waals surface area contributed by atoms with Crippen molar-refractivity contribution < 1.29 is 14.3 Å². The Balaban J connectivity index is 1.52. The third kappa shape index (κ3) is 4.27. The highest BCUT2D eigenvalue weighted by Crippen LogP contribution is 2.32. The number of carbonyl (C=O) groups is 2. The van der Waals surface area contributed by atoms with Crippen molar-refractivity contribution in [3.05, 3.63) is 78.9 Å². The van der Waals surface area contributed by atoms with Crippen LogP contribution in [0.1, 0.15) is 13.3 Å². The Morgan fingerprint density at radius 1 is 1.03 bits per heavy atom. The number of carbonyl (C=O) groups excluding carboxylic acids is 2.